The van der Waals surface area contributed by atoms with Crippen LogP contribution in [-0.4, -0.2) is 64.3 Å². The highest BCUT2D eigenvalue weighted by atomic mass is 32.2. The molecule has 0 N–H and O–H groups in total. The standard InChI is InChI=1S/C15H24N2O3S/c1-12-10-14(13(2)17(12)4-7-20-3)15(18)11-16-5-8-21(19)9-6-16/h10H,4-9,11H2,1-3H3. The Kier molecular flexibility index (Phi) is 5.72. The van der Waals surface area contributed by atoms with Crippen LogP contribution < -0.4 is 0 Å². The molecule has 1 aromatic heterocycles. The van der Waals surface area contributed by atoms with Crippen molar-refractivity contribution in [3.63, 3.8) is 0 Å². The molecule has 0 aliphatic carbocycles. The molecule has 0 saturated carbocycles. The fourth-order valence-electron chi connectivity index (χ4n) is 2.73. The maximum atomic E-state index is 12.5. The molecule has 1 aromatic rings. The summed E-state index contributed by atoms with van der Waals surface area (Å²) < 4.78 is 18.6. The zero-order chi connectivity index (χ0) is 15.4. The number of aromatic nitrogens is 1. The topological polar surface area (TPSA) is 51.5 Å². The van der Waals surface area contributed by atoms with Gasteiger partial charge in [0.1, 0.15) is 0 Å². The third kappa shape index (κ3) is 4.02. The van der Waals surface area contributed by atoms with Crippen molar-refractivity contribution in [2.45, 2.75) is 20.4 Å². The Bertz CT molecular complexity index is 529. The predicted molar refractivity (Wildman–Crippen MR) is 84.4 cm³/mol. The summed E-state index contributed by atoms with van der Waals surface area (Å²) >= 11 is 0. The van der Waals surface area contributed by atoms with Crippen molar-refractivity contribution in [2.24, 2.45) is 0 Å². The van der Waals surface area contributed by atoms with Crippen LogP contribution in [0.4, 0.5) is 0 Å². The normalized spacial score (nSPS) is 17.3. The highest BCUT2D eigenvalue weighted by molar-refractivity contribution is 7.85. The maximum Gasteiger partial charge on any atom is 0.178 e. The van der Waals surface area contributed by atoms with Crippen LogP contribution in [0.15, 0.2) is 6.07 Å². The molecule has 2 heterocycles. The fourth-order valence-corrected chi connectivity index (χ4v) is 3.86. The van der Waals surface area contributed by atoms with Crippen molar-refractivity contribution < 1.29 is 13.7 Å². The molecule has 1 aliphatic heterocycles. The summed E-state index contributed by atoms with van der Waals surface area (Å²) in [6.07, 6.45) is 0. The minimum Gasteiger partial charge on any atom is -0.383 e. The Hall–Kier alpha value is -0.980. The lowest BCUT2D eigenvalue weighted by Crippen LogP contribution is -2.40. The number of ketones is 1. The third-order valence-corrected chi connectivity index (χ3v) is 5.31. The van der Waals surface area contributed by atoms with E-state index in [4.69, 9.17) is 4.74 Å². The van der Waals surface area contributed by atoms with Gasteiger partial charge in [-0.25, -0.2) is 0 Å². The van der Waals surface area contributed by atoms with Gasteiger partial charge in [-0.2, -0.15) is 0 Å². The Morgan fingerprint density at radius 1 is 1.33 bits per heavy atom. The number of ether oxygens (including phenoxy) is 1. The van der Waals surface area contributed by atoms with E-state index in [1.165, 1.54) is 0 Å². The van der Waals surface area contributed by atoms with Gasteiger partial charge in [0, 0.05) is 66.0 Å². The van der Waals surface area contributed by atoms with Gasteiger partial charge in [-0.15, -0.1) is 0 Å². The Morgan fingerprint density at radius 3 is 2.62 bits per heavy atom. The van der Waals surface area contributed by atoms with Crippen LogP contribution in [0, 0.1) is 13.8 Å². The number of methoxy groups -OCH3 is 1. The van der Waals surface area contributed by atoms with Crippen LogP contribution in [-0.2, 0) is 22.1 Å². The fraction of sp³-hybridized carbons (Fsp3) is 0.667. The first-order valence-corrected chi connectivity index (χ1v) is 8.78. The van der Waals surface area contributed by atoms with E-state index in [1.807, 2.05) is 19.9 Å². The van der Waals surface area contributed by atoms with Gasteiger partial charge in [0.15, 0.2) is 5.78 Å². The Labute approximate surface area is 128 Å². The van der Waals surface area contributed by atoms with Gasteiger partial charge in [0.25, 0.3) is 0 Å². The number of carbonyl (C=O) groups excluding carboxylic acids is 1. The lowest BCUT2D eigenvalue weighted by atomic mass is 10.1. The van der Waals surface area contributed by atoms with E-state index in [0.29, 0.717) is 24.7 Å². The van der Waals surface area contributed by atoms with Crippen LogP contribution >= 0.6 is 0 Å². The number of hydrogen-bond donors (Lipinski definition) is 0. The lowest BCUT2D eigenvalue weighted by Gasteiger charge is -2.25. The van der Waals surface area contributed by atoms with Crippen LogP contribution in [0.2, 0.25) is 0 Å². The summed E-state index contributed by atoms with van der Waals surface area (Å²) in [4.78, 5) is 14.6. The molecule has 0 aromatic carbocycles. The zero-order valence-electron chi connectivity index (χ0n) is 13.1. The van der Waals surface area contributed by atoms with E-state index >= 15 is 0 Å². The van der Waals surface area contributed by atoms with E-state index < -0.39 is 10.8 Å². The average Bonchev–Trinajstić information content (AvgIpc) is 2.74. The summed E-state index contributed by atoms with van der Waals surface area (Å²) in [5.41, 5.74) is 2.90. The Balaban J connectivity index is 2.03. The number of aryl methyl sites for hydroxylation is 1. The van der Waals surface area contributed by atoms with Crippen LogP contribution in [0.5, 0.6) is 0 Å². The third-order valence-electron chi connectivity index (χ3n) is 4.03. The van der Waals surface area contributed by atoms with Crippen molar-refractivity contribution in [3.05, 3.63) is 23.0 Å². The number of hydrogen-bond acceptors (Lipinski definition) is 4. The van der Waals surface area contributed by atoms with Crippen LogP contribution in [0.25, 0.3) is 0 Å². The average molecular weight is 312 g/mol. The first kappa shape index (κ1) is 16.4. The summed E-state index contributed by atoms with van der Waals surface area (Å²) in [6.45, 7) is 7.34. The Morgan fingerprint density at radius 2 is 2.00 bits per heavy atom. The van der Waals surface area contributed by atoms with E-state index in [9.17, 15) is 9.00 Å². The monoisotopic (exact) mass is 312 g/mol. The lowest BCUT2D eigenvalue weighted by molar-refractivity contribution is 0.0935. The molecule has 1 aliphatic rings. The van der Waals surface area contributed by atoms with Crippen molar-refractivity contribution in [1.82, 2.24) is 9.47 Å². The molecule has 6 heteroatoms. The largest absolute Gasteiger partial charge is 0.383 e. The quantitative estimate of drug-likeness (QED) is 0.735. The van der Waals surface area contributed by atoms with Gasteiger partial charge in [-0.05, 0) is 19.9 Å². The summed E-state index contributed by atoms with van der Waals surface area (Å²) in [7, 11) is 0.982. The molecule has 0 atom stereocenters. The molecule has 118 valence electrons. The molecule has 0 amide bonds. The molecule has 0 bridgehead atoms. The molecule has 5 nitrogen and oxygen atoms in total. The van der Waals surface area contributed by atoms with E-state index in [0.717, 1.165) is 36.6 Å². The van der Waals surface area contributed by atoms with Gasteiger partial charge >= 0.3 is 0 Å². The first-order valence-electron chi connectivity index (χ1n) is 7.29. The van der Waals surface area contributed by atoms with Gasteiger partial charge in [-0.1, -0.05) is 0 Å². The molecule has 0 unspecified atom stereocenters. The van der Waals surface area contributed by atoms with Crippen molar-refractivity contribution in [1.29, 1.82) is 0 Å². The molecule has 2 rings (SSSR count). The molecule has 21 heavy (non-hydrogen) atoms. The number of Topliss-reactive ketones (excluding diaryl/α,β-unsaturated/α-hetero) is 1. The van der Waals surface area contributed by atoms with Crippen molar-refractivity contribution in [3.8, 4) is 0 Å². The second-order valence-electron chi connectivity index (χ2n) is 5.48. The second kappa shape index (κ2) is 7.33. The van der Waals surface area contributed by atoms with Gasteiger partial charge in [-0.3, -0.25) is 13.9 Å². The molecule has 0 spiro atoms. The molecule has 1 saturated heterocycles. The summed E-state index contributed by atoms with van der Waals surface area (Å²) in [5.74, 6) is 1.51. The van der Waals surface area contributed by atoms with E-state index in [2.05, 4.69) is 9.47 Å². The van der Waals surface area contributed by atoms with E-state index in [1.54, 1.807) is 7.11 Å². The molecule has 1 fully saturated rings. The predicted octanol–water partition coefficient (Wildman–Crippen LogP) is 0.998. The smallest absolute Gasteiger partial charge is 0.178 e. The SMILES string of the molecule is COCCn1c(C)cc(C(=O)CN2CCS(=O)CC2)c1C. The van der Waals surface area contributed by atoms with Crippen molar-refractivity contribution >= 4 is 16.6 Å². The minimum absolute atomic E-state index is 0.152. The van der Waals surface area contributed by atoms with Crippen LogP contribution in [0.1, 0.15) is 21.7 Å². The molecular formula is C15H24N2O3S. The van der Waals surface area contributed by atoms with Gasteiger partial charge in [0.05, 0.1) is 13.2 Å². The van der Waals surface area contributed by atoms with Gasteiger partial charge in [0.2, 0.25) is 0 Å². The minimum atomic E-state index is -0.699. The number of nitrogens with zero attached hydrogens (tertiary/aromatic N) is 2. The highest BCUT2D eigenvalue weighted by Gasteiger charge is 2.21. The van der Waals surface area contributed by atoms with E-state index in [-0.39, 0.29) is 5.78 Å². The first-order chi connectivity index (χ1) is 10.0. The number of carbonyl (C=O) groups is 1. The van der Waals surface area contributed by atoms with Crippen molar-refractivity contribution in [2.75, 3.05) is 44.9 Å². The number of rotatable bonds is 6. The molecular weight excluding hydrogens is 288 g/mol. The highest BCUT2D eigenvalue weighted by Crippen LogP contribution is 2.16. The zero-order valence-corrected chi connectivity index (χ0v) is 13.9. The summed E-state index contributed by atoms with van der Waals surface area (Å²) in [6, 6.07) is 1.97. The van der Waals surface area contributed by atoms with Gasteiger partial charge < -0.3 is 9.30 Å². The molecule has 0 radical (unpaired) electrons. The maximum absolute atomic E-state index is 12.5. The van der Waals surface area contributed by atoms with Crippen LogP contribution in [0.3, 0.4) is 0 Å². The summed E-state index contributed by atoms with van der Waals surface area (Å²) in [5, 5.41) is 0. The second-order valence-corrected chi connectivity index (χ2v) is 7.17.